The molecule has 2 heterocycles. The summed E-state index contributed by atoms with van der Waals surface area (Å²) in [5, 5.41) is 0. The Morgan fingerprint density at radius 1 is 0.963 bits per heavy atom. The van der Waals surface area contributed by atoms with Crippen molar-refractivity contribution in [1.29, 1.82) is 0 Å². The SMILES string of the molecule is COc1ccc(F)cc1CN1CCN(Cc2cc3c(cc2Br)OCO3)CC1. The van der Waals surface area contributed by atoms with Gasteiger partial charge in [-0.3, -0.25) is 9.80 Å². The van der Waals surface area contributed by atoms with Gasteiger partial charge in [0.25, 0.3) is 0 Å². The van der Waals surface area contributed by atoms with E-state index in [1.807, 2.05) is 6.07 Å². The van der Waals surface area contributed by atoms with Crippen LogP contribution in [0.2, 0.25) is 0 Å². The molecule has 2 aromatic carbocycles. The Morgan fingerprint density at radius 3 is 2.26 bits per heavy atom. The first-order chi connectivity index (χ1) is 13.1. The lowest BCUT2D eigenvalue weighted by Gasteiger charge is -2.35. The molecule has 0 unspecified atom stereocenters. The van der Waals surface area contributed by atoms with Crippen molar-refractivity contribution in [3.8, 4) is 17.2 Å². The summed E-state index contributed by atoms with van der Waals surface area (Å²) in [5.41, 5.74) is 2.09. The lowest BCUT2D eigenvalue weighted by molar-refractivity contribution is 0.121. The largest absolute Gasteiger partial charge is 0.496 e. The number of fused-ring (bicyclic) bond motifs is 1. The maximum Gasteiger partial charge on any atom is 0.231 e. The second kappa shape index (κ2) is 8.04. The average molecular weight is 437 g/mol. The van der Waals surface area contributed by atoms with E-state index in [1.165, 1.54) is 11.6 Å². The average Bonchev–Trinajstić information content (AvgIpc) is 3.11. The van der Waals surface area contributed by atoms with Gasteiger partial charge in [-0.1, -0.05) is 15.9 Å². The molecule has 2 aliphatic rings. The van der Waals surface area contributed by atoms with E-state index in [0.717, 1.165) is 60.0 Å². The van der Waals surface area contributed by atoms with Crippen LogP contribution in [-0.2, 0) is 13.1 Å². The third kappa shape index (κ3) is 4.20. The molecule has 144 valence electrons. The molecule has 0 amide bonds. The summed E-state index contributed by atoms with van der Waals surface area (Å²) in [6, 6.07) is 8.72. The molecule has 2 aliphatic heterocycles. The Balaban J connectivity index is 1.35. The highest BCUT2D eigenvalue weighted by atomic mass is 79.9. The zero-order chi connectivity index (χ0) is 18.8. The fraction of sp³-hybridized carbons (Fsp3) is 0.400. The standard InChI is InChI=1S/C20H22BrFN2O3/c1-25-18-3-2-16(22)8-15(18)12-24-6-4-23(5-7-24)11-14-9-19-20(10-17(14)21)27-13-26-19/h2-3,8-10H,4-7,11-13H2,1H3. The molecule has 27 heavy (non-hydrogen) atoms. The normalized spacial score (nSPS) is 17.3. The molecule has 0 saturated carbocycles. The minimum absolute atomic E-state index is 0.225. The van der Waals surface area contributed by atoms with Crippen LogP contribution in [0.25, 0.3) is 0 Å². The van der Waals surface area contributed by atoms with Crippen molar-refractivity contribution in [3.05, 3.63) is 51.7 Å². The molecule has 0 N–H and O–H groups in total. The van der Waals surface area contributed by atoms with Crippen LogP contribution < -0.4 is 14.2 Å². The Kier molecular flexibility index (Phi) is 5.52. The number of ether oxygens (including phenoxy) is 3. The van der Waals surface area contributed by atoms with E-state index in [-0.39, 0.29) is 12.6 Å². The maximum absolute atomic E-state index is 13.6. The number of hydrogen-bond acceptors (Lipinski definition) is 5. The summed E-state index contributed by atoms with van der Waals surface area (Å²) in [5.74, 6) is 2.12. The van der Waals surface area contributed by atoms with Crippen molar-refractivity contribution in [2.45, 2.75) is 13.1 Å². The van der Waals surface area contributed by atoms with E-state index in [4.69, 9.17) is 14.2 Å². The van der Waals surface area contributed by atoms with Gasteiger partial charge in [-0.05, 0) is 35.9 Å². The van der Waals surface area contributed by atoms with Gasteiger partial charge in [-0.2, -0.15) is 0 Å². The summed E-state index contributed by atoms with van der Waals surface area (Å²) < 4.78 is 30.9. The second-order valence-corrected chi connectivity index (χ2v) is 7.66. The molecule has 7 heteroatoms. The quantitative estimate of drug-likeness (QED) is 0.714. The first-order valence-electron chi connectivity index (χ1n) is 8.97. The summed E-state index contributed by atoms with van der Waals surface area (Å²) in [6.45, 7) is 5.62. The third-order valence-corrected chi connectivity index (χ3v) is 5.78. The van der Waals surface area contributed by atoms with Crippen LogP contribution in [0.5, 0.6) is 17.2 Å². The van der Waals surface area contributed by atoms with E-state index >= 15 is 0 Å². The van der Waals surface area contributed by atoms with Crippen LogP contribution in [0.4, 0.5) is 4.39 Å². The van der Waals surface area contributed by atoms with Gasteiger partial charge in [0.05, 0.1) is 7.11 Å². The zero-order valence-electron chi connectivity index (χ0n) is 15.2. The first-order valence-corrected chi connectivity index (χ1v) is 9.77. The Morgan fingerprint density at radius 2 is 1.59 bits per heavy atom. The van der Waals surface area contributed by atoms with Crippen LogP contribution >= 0.6 is 15.9 Å². The first kappa shape index (κ1) is 18.5. The topological polar surface area (TPSA) is 34.2 Å². The molecule has 1 saturated heterocycles. The summed E-state index contributed by atoms with van der Waals surface area (Å²) in [6.07, 6.45) is 0. The molecule has 4 rings (SSSR count). The smallest absolute Gasteiger partial charge is 0.231 e. The van der Waals surface area contributed by atoms with Crippen LogP contribution in [0.15, 0.2) is 34.8 Å². The lowest BCUT2D eigenvalue weighted by Crippen LogP contribution is -2.45. The minimum Gasteiger partial charge on any atom is -0.496 e. The molecular weight excluding hydrogens is 415 g/mol. The Labute approximate surface area is 166 Å². The molecule has 0 radical (unpaired) electrons. The number of piperazine rings is 1. The van der Waals surface area contributed by atoms with Crippen molar-refractivity contribution < 1.29 is 18.6 Å². The third-order valence-electron chi connectivity index (χ3n) is 5.04. The summed E-state index contributed by atoms with van der Waals surface area (Å²) >= 11 is 3.63. The lowest BCUT2D eigenvalue weighted by atomic mass is 10.1. The van der Waals surface area contributed by atoms with E-state index in [9.17, 15) is 4.39 Å². The van der Waals surface area contributed by atoms with Crippen molar-refractivity contribution >= 4 is 15.9 Å². The maximum atomic E-state index is 13.6. The number of hydrogen-bond donors (Lipinski definition) is 0. The zero-order valence-corrected chi connectivity index (χ0v) is 16.8. The predicted octanol–water partition coefficient (Wildman–Crippen LogP) is 3.64. The number of halogens is 2. The van der Waals surface area contributed by atoms with Crippen molar-refractivity contribution in [1.82, 2.24) is 9.80 Å². The van der Waals surface area contributed by atoms with Crippen molar-refractivity contribution in [2.75, 3.05) is 40.1 Å². The van der Waals surface area contributed by atoms with Crippen LogP contribution in [0.1, 0.15) is 11.1 Å². The number of benzene rings is 2. The molecule has 1 fully saturated rings. The van der Waals surface area contributed by atoms with Gasteiger partial charge in [0, 0.05) is 49.3 Å². The van der Waals surface area contributed by atoms with Crippen molar-refractivity contribution in [3.63, 3.8) is 0 Å². The molecule has 0 atom stereocenters. The van der Waals surface area contributed by atoms with Gasteiger partial charge in [0.15, 0.2) is 11.5 Å². The molecule has 0 bridgehead atoms. The van der Waals surface area contributed by atoms with Gasteiger partial charge >= 0.3 is 0 Å². The number of methoxy groups -OCH3 is 1. The number of rotatable bonds is 5. The van der Waals surface area contributed by atoms with E-state index in [1.54, 1.807) is 19.2 Å². The molecule has 0 spiro atoms. The van der Waals surface area contributed by atoms with Gasteiger partial charge in [0.2, 0.25) is 6.79 Å². The summed E-state index contributed by atoms with van der Waals surface area (Å²) in [7, 11) is 1.62. The van der Waals surface area contributed by atoms with E-state index in [2.05, 4.69) is 31.8 Å². The van der Waals surface area contributed by atoms with Gasteiger partial charge in [0.1, 0.15) is 11.6 Å². The summed E-state index contributed by atoms with van der Waals surface area (Å²) in [4.78, 5) is 4.75. The van der Waals surface area contributed by atoms with Crippen LogP contribution in [0.3, 0.4) is 0 Å². The van der Waals surface area contributed by atoms with Crippen LogP contribution in [-0.4, -0.2) is 49.9 Å². The van der Waals surface area contributed by atoms with Crippen molar-refractivity contribution in [2.24, 2.45) is 0 Å². The van der Waals surface area contributed by atoms with E-state index in [0.29, 0.717) is 6.54 Å². The molecular formula is C20H22BrFN2O3. The monoisotopic (exact) mass is 436 g/mol. The van der Waals surface area contributed by atoms with E-state index < -0.39 is 0 Å². The molecule has 0 aliphatic carbocycles. The fourth-order valence-electron chi connectivity index (χ4n) is 3.54. The highest BCUT2D eigenvalue weighted by Gasteiger charge is 2.21. The Hall–Kier alpha value is -1.83. The minimum atomic E-state index is -0.225. The second-order valence-electron chi connectivity index (χ2n) is 6.81. The number of nitrogens with zero attached hydrogens (tertiary/aromatic N) is 2. The highest BCUT2D eigenvalue weighted by molar-refractivity contribution is 9.10. The molecule has 2 aromatic rings. The molecule has 5 nitrogen and oxygen atoms in total. The molecule has 0 aromatic heterocycles. The highest BCUT2D eigenvalue weighted by Crippen LogP contribution is 2.37. The van der Waals surface area contributed by atoms with Crippen LogP contribution in [0, 0.1) is 5.82 Å². The Bertz CT molecular complexity index is 825. The fourth-order valence-corrected chi connectivity index (χ4v) is 3.99. The van der Waals surface area contributed by atoms with Gasteiger partial charge in [-0.15, -0.1) is 0 Å². The van der Waals surface area contributed by atoms with Gasteiger partial charge < -0.3 is 14.2 Å². The van der Waals surface area contributed by atoms with Gasteiger partial charge in [-0.25, -0.2) is 4.39 Å². The predicted molar refractivity (Wildman–Crippen MR) is 104 cm³/mol.